The van der Waals surface area contributed by atoms with E-state index in [1.165, 1.54) is 102 Å². The molecule has 0 N–H and O–H groups in total. The summed E-state index contributed by atoms with van der Waals surface area (Å²) in [5.41, 5.74) is 7.89. The van der Waals surface area contributed by atoms with Crippen molar-refractivity contribution in [2.24, 2.45) is 0 Å². The SMILES string of the molecule is CCCCCCc1cc(Br)sc1/C=C/c1ccc(-c2ccc(/C=C/c3sc(Br)cc3CCCCCC)cc2)cc1.[3H]PBr.[V]. The summed E-state index contributed by atoms with van der Waals surface area (Å²) in [6, 6.07) is 22.4. The molecular formula is C36H42Br3PS2V. The van der Waals surface area contributed by atoms with E-state index in [0.717, 1.165) is 12.8 Å². The van der Waals surface area contributed by atoms with Crippen molar-refractivity contribution < 1.29 is 18.6 Å². The van der Waals surface area contributed by atoms with Crippen molar-refractivity contribution >= 4 is 102 Å². The van der Waals surface area contributed by atoms with E-state index in [1.807, 2.05) is 22.7 Å². The fourth-order valence-corrected chi connectivity index (χ4v) is 8.17. The second-order valence-electron chi connectivity index (χ2n) is 10.4. The van der Waals surface area contributed by atoms with E-state index in [2.05, 4.69) is 146 Å². The molecule has 2 aromatic heterocycles. The van der Waals surface area contributed by atoms with Crippen LogP contribution in [0.3, 0.4) is 0 Å². The molecule has 0 saturated heterocycles. The van der Waals surface area contributed by atoms with Crippen LogP contribution in [0.25, 0.3) is 35.4 Å². The standard InChI is InChI=1S/C36H40Br2S2.BrH2P.V/c1-3-5-7-9-11-31-25-35(37)39-33(31)23-17-27-13-19-29(20-14-27)30-21-15-28(16-22-30)18-24-34-32(26-36(38)40-34)12-10-8-6-4-2;1-2;/h13-26H,3-12H2,1-2H3;2H2;/b23-17+,24-18+;;/i;2T;. The van der Waals surface area contributed by atoms with Gasteiger partial charge in [-0.05, 0) is 115 Å². The summed E-state index contributed by atoms with van der Waals surface area (Å²) in [5.74, 6) is 0. The average Bonchev–Trinajstić information content (AvgIpc) is 3.56. The van der Waals surface area contributed by atoms with E-state index in [9.17, 15) is 0 Å². The molecule has 0 aliphatic rings. The molecule has 0 aliphatic carbocycles. The summed E-state index contributed by atoms with van der Waals surface area (Å²) in [5, 5.41) is 0. The Balaban J connectivity index is 0.00000162. The number of aryl methyl sites for hydroxylation is 2. The number of halogens is 3. The monoisotopic (exact) mass is 859 g/mol. The molecule has 1 radical (unpaired) electrons. The molecule has 0 bridgehead atoms. The van der Waals surface area contributed by atoms with Gasteiger partial charge < -0.3 is 0 Å². The van der Waals surface area contributed by atoms with Gasteiger partial charge in [-0.15, -0.1) is 22.7 Å². The third-order valence-corrected chi connectivity index (χ3v) is 10.5. The molecule has 0 amide bonds. The normalized spacial score (nSPS) is 11.7. The van der Waals surface area contributed by atoms with E-state index in [1.54, 1.807) is 0 Å². The van der Waals surface area contributed by atoms with Crippen LogP contribution in [0.15, 0.2) is 68.2 Å². The molecule has 229 valence electrons. The predicted molar refractivity (Wildman–Crippen MR) is 208 cm³/mol. The minimum absolute atomic E-state index is 0. The molecule has 0 nitrogen and oxygen atoms in total. The smallest absolute Gasteiger partial charge is 0.0707 e. The Hall–Kier alpha value is -0.226. The second-order valence-corrected chi connectivity index (χ2v) is 15.3. The molecule has 1 atom stereocenters. The second kappa shape index (κ2) is 22.3. The fraction of sp³-hybridized carbons (Fsp3) is 0.333. The largest absolute Gasteiger partial charge is 0.129 e. The van der Waals surface area contributed by atoms with E-state index in [-0.39, 0.29) is 26.4 Å². The van der Waals surface area contributed by atoms with Crippen LogP contribution in [0.2, 0.25) is 0 Å². The van der Waals surface area contributed by atoms with Crippen molar-refractivity contribution in [3.63, 3.8) is 0 Å². The summed E-state index contributed by atoms with van der Waals surface area (Å²) >= 11 is 13.9. The van der Waals surface area contributed by atoms with Gasteiger partial charge in [0, 0.05) is 28.3 Å². The van der Waals surface area contributed by atoms with Crippen molar-refractivity contribution in [3.8, 4) is 11.1 Å². The summed E-state index contributed by atoms with van der Waals surface area (Å²) in [4.78, 5) is 2.74. The van der Waals surface area contributed by atoms with Crippen molar-refractivity contribution in [1.82, 2.24) is 0 Å². The molecule has 0 fully saturated rings. The fourth-order valence-electron chi connectivity index (χ4n) is 4.89. The molecule has 43 heavy (non-hydrogen) atoms. The van der Waals surface area contributed by atoms with Gasteiger partial charge in [0.05, 0.1) is 8.85 Å². The summed E-state index contributed by atoms with van der Waals surface area (Å²) in [6.07, 6.45) is 21.8. The Morgan fingerprint density at radius 2 is 1.00 bits per heavy atom. The maximum Gasteiger partial charge on any atom is 0.0707 e. The molecule has 1 unspecified atom stereocenters. The number of rotatable bonds is 15. The molecule has 7 heteroatoms. The number of hydrogen-bond acceptors (Lipinski definition) is 2. The van der Waals surface area contributed by atoms with E-state index in [0.29, 0.717) is 0 Å². The molecule has 0 spiro atoms. The van der Waals surface area contributed by atoms with Gasteiger partial charge in [-0.1, -0.05) is 136 Å². The van der Waals surface area contributed by atoms with Crippen LogP contribution in [-0.4, -0.2) is 1.28 Å². The Morgan fingerprint density at radius 1 is 0.628 bits per heavy atom. The molecule has 2 aromatic carbocycles. The minimum atomic E-state index is 0. The molecule has 4 rings (SSSR count). The van der Waals surface area contributed by atoms with Gasteiger partial charge in [0.25, 0.3) is 0 Å². The zero-order valence-electron chi connectivity index (χ0n) is 26.1. The van der Waals surface area contributed by atoms with Gasteiger partial charge in [-0.2, -0.15) is 0 Å². The zero-order chi connectivity index (χ0) is 30.9. The Labute approximate surface area is 308 Å². The molecule has 2 heterocycles. The van der Waals surface area contributed by atoms with Crippen molar-refractivity contribution in [2.75, 3.05) is 0 Å². The molecule has 0 saturated carbocycles. The summed E-state index contributed by atoms with van der Waals surface area (Å²) in [7, 11) is 0.146. The van der Waals surface area contributed by atoms with Crippen LogP contribution in [-0.2, 0) is 31.4 Å². The predicted octanol–water partition coefficient (Wildman–Crippen LogP) is 14.8. The van der Waals surface area contributed by atoms with E-state index < -0.39 is 0 Å². The summed E-state index contributed by atoms with van der Waals surface area (Å²) < 4.78 is 8.59. The number of thiophene rings is 2. The van der Waals surface area contributed by atoms with Crippen LogP contribution in [0.4, 0.5) is 0 Å². The van der Waals surface area contributed by atoms with Gasteiger partial charge in [-0.25, -0.2) is 0 Å². The van der Waals surface area contributed by atoms with Crippen LogP contribution in [0, 0.1) is 0 Å². The molecular weight excluding hydrogens is 818 g/mol. The third-order valence-electron chi connectivity index (χ3n) is 7.23. The molecule has 0 aliphatic heterocycles. The first kappa shape index (κ1) is 37.2. The first-order valence-corrected chi connectivity index (χ1v) is 20.8. The Morgan fingerprint density at radius 3 is 1.35 bits per heavy atom. The number of hydrogen-bond donors (Lipinski definition) is 0. The maximum absolute atomic E-state index is 6.15. The van der Waals surface area contributed by atoms with E-state index >= 15 is 0 Å². The Bertz CT molecular complexity index is 1300. The van der Waals surface area contributed by atoms with Crippen LogP contribution < -0.4 is 0 Å². The van der Waals surface area contributed by atoms with Crippen LogP contribution in [0.1, 0.15) is 97.2 Å². The first-order chi connectivity index (χ1) is 21.0. The van der Waals surface area contributed by atoms with Gasteiger partial charge in [0.15, 0.2) is 0 Å². The quantitative estimate of drug-likeness (QED) is 0.0825. The van der Waals surface area contributed by atoms with E-state index in [4.69, 9.17) is 1.28 Å². The van der Waals surface area contributed by atoms with Crippen molar-refractivity contribution in [2.45, 2.75) is 78.1 Å². The van der Waals surface area contributed by atoms with Gasteiger partial charge >= 0.3 is 0 Å². The van der Waals surface area contributed by atoms with Crippen LogP contribution in [0.5, 0.6) is 0 Å². The first-order valence-electron chi connectivity index (χ1n) is 15.4. The summed E-state index contributed by atoms with van der Waals surface area (Å²) in [6.45, 7) is 4.54. The number of unbranched alkanes of at least 4 members (excludes halogenated alkanes) is 6. The zero-order valence-corrected chi connectivity index (χ0v) is 33.8. The molecule has 4 aromatic rings. The van der Waals surface area contributed by atoms with Crippen LogP contribution >= 0.6 is 77.9 Å². The topological polar surface area (TPSA) is 0 Å². The number of benzene rings is 2. The van der Waals surface area contributed by atoms with Crippen molar-refractivity contribution in [3.05, 3.63) is 100 Å². The van der Waals surface area contributed by atoms with Gasteiger partial charge in [-0.3, -0.25) is 0 Å². The van der Waals surface area contributed by atoms with Gasteiger partial charge in [0.2, 0.25) is 0 Å². The average molecular weight is 863 g/mol. The van der Waals surface area contributed by atoms with Crippen molar-refractivity contribution in [1.29, 1.82) is 1.28 Å². The Kier molecular flexibility index (Phi) is 19.3. The maximum atomic E-state index is 6.15. The van der Waals surface area contributed by atoms with Gasteiger partial charge in [0.1, 0.15) is 0 Å². The minimum Gasteiger partial charge on any atom is -0.129 e. The third kappa shape index (κ3) is 13.6.